The maximum Gasteiger partial charge on any atom is 0.220 e. The number of nitrogens with zero attached hydrogens (tertiary/aromatic N) is 2. The Morgan fingerprint density at radius 1 is 1.56 bits per heavy atom. The van der Waals surface area contributed by atoms with Gasteiger partial charge in [-0.25, -0.2) is 0 Å². The van der Waals surface area contributed by atoms with Gasteiger partial charge in [-0.15, -0.1) is 0 Å². The minimum Gasteiger partial charge on any atom is -0.467 e. The third-order valence-electron chi connectivity index (χ3n) is 2.69. The van der Waals surface area contributed by atoms with E-state index in [1.54, 1.807) is 17.1 Å². The number of carbonyl (C=O) groups is 1. The van der Waals surface area contributed by atoms with E-state index in [1.165, 1.54) is 0 Å². The summed E-state index contributed by atoms with van der Waals surface area (Å²) in [5, 5.41) is 7.10. The quantitative estimate of drug-likeness (QED) is 0.849. The zero-order valence-electron chi connectivity index (χ0n) is 10.4. The highest BCUT2D eigenvalue weighted by Crippen LogP contribution is 2.17. The summed E-state index contributed by atoms with van der Waals surface area (Å²) >= 11 is 0. The van der Waals surface area contributed by atoms with Crippen LogP contribution in [0, 0.1) is 0 Å². The predicted molar refractivity (Wildman–Crippen MR) is 67.0 cm³/mol. The average molecular weight is 247 g/mol. The number of furan rings is 1. The molecule has 1 atom stereocenters. The van der Waals surface area contributed by atoms with Crippen molar-refractivity contribution < 1.29 is 9.21 Å². The molecule has 96 valence electrons. The molecule has 1 unspecified atom stereocenters. The molecule has 5 nitrogen and oxygen atoms in total. The fourth-order valence-corrected chi connectivity index (χ4v) is 1.80. The molecule has 2 aromatic rings. The topological polar surface area (TPSA) is 60.1 Å². The molecule has 0 aromatic carbocycles. The van der Waals surface area contributed by atoms with Gasteiger partial charge in [-0.1, -0.05) is 6.92 Å². The Balaban J connectivity index is 2.05. The monoisotopic (exact) mass is 247 g/mol. The van der Waals surface area contributed by atoms with E-state index in [-0.39, 0.29) is 11.9 Å². The smallest absolute Gasteiger partial charge is 0.220 e. The zero-order valence-corrected chi connectivity index (χ0v) is 10.4. The highest BCUT2D eigenvalue weighted by atomic mass is 16.3. The molecule has 0 aliphatic heterocycles. The molecule has 0 spiro atoms. The van der Waals surface area contributed by atoms with Crippen LogP contribution in [0.2, 0.25) is 0 Å². The van der Waals surface area contributed by atoms with Crippen molar-refractivity contribution in [2.75, 3.05) is 6.54 Å². The molecule has 0 radical (unpaired) electrons. The van der Waals surface area contributed by atoms with E-state index >= 15 is 0 Å². The van der Waals surface area contributed by atoms with Gasteiger partial charge < -0.3 is 9.73 Å². The minimum absolute atomic E-state index is 0.0567. The Hall–Kier alpha value is -2.04. The first-order valence-electron chi connectivity index (χ1n) is 6.10. The first kappa shape index (κ1) is 12.4. The van der Waals surface area contributed by atoms with Crippen LogP contribution in [0.4, 0.5) is 0 Å². The summed E-state index contributed by atoms with van der Waals surface area (Å²) in [5.74, 6) is 0.844. The minimum atomic E-state index is -0.101. The summed E-state index contributed by atoms with van der Waals surface area (Å²) in [7, 11) is 0. The maximum atomic E-state index is 11.5. The molecular formula is C13H17N3O2. The summed E-state index contributed by atoms with van der Waals surface area (Å²) < 4.78 is 7.18. The van der Waals surface area contributed by atoms with E-state index in [1.807, 2.05) is 31.3 Å². The number of amides is 1. The van der Waals surface area contributed by atoms with Crippen molar-refractivity contribution in [3.63, 3.8) is 0 Å². The molecule has 1 N–H and O–H groups in total. The van der Waals surface area contributed by atoms with Gasteiger partial charge in [-0.05, 0) is 24.6 Å². The van der Waals surface area contributed by atoms with Crippen molar-refractivity contribution in [3.8, 4) is 0 Å². The summed E-state index contributed by atoms with van der Waals surface area (Å²) in [6, 6.07) is 5.47. The first-order chi connectivity index (χ1) is 8.81. The zero-order chi connectivity index (χ0) is 12.8. The lowest BCUT2D eigenvalue weighted by atomic mass is 10.2. The van der Waals surface area contributed by atoms with Gasteiger partial charge in [-0.2, -0.15) is 5.10 Å². The third-order valence-corrected chi connectivity index (χ3v) is 2.69. The molecule has 0 aliphatic carbocycles. The third kappa shape index (κ3) is 3.00. The molecule has 0 fully saturated rings. The molecule has 0 saturated carbocycles. The molecule has 18 heavy (non-hydrogen) atoms. The molecule has 2 rings (SSSR count). The Morgan fingerprint density at radius 3 is 3.06 bits per heavy atom. The standard InChI is InChI=1S/C13H17N3O2/c1-2-5-13(17)14-10-11(12-6-3-9-18-12)16-8-4-7-15-16/h3-4,6-9,11H,2,5,10H2,1H3,(H,14,17). The largest absolute Gasteiger partial charge is 0.467 e. The molecular weight excluding hydrogens is 230 g/mol. The fourth-order valence-electron chi connectivity index (χ4n) is 1.80. The Morgan fingerprint density at radius 2 is 2.44 bits per heavy atom. The average Bonchev–Trinajstić information content (AvgIpc) is 3.02. The number of hydrogen-bond donors (Lipinski definition) is 1. The van der Waals surface area contributed by atoms with Crippen LogP contribution in [-0.2, 0) is 4.79 Å². The SMILES string of the molecule is CCCC(=O)NCC(c1ccco1)n1cccn1. The van der Waals surface area contributed by atoms with E-state index < -0.39 is 0 Å². The number of nitrogens with one attached hydrogen (secondary N) is 1. The van der Waals surface area contributed by atoms with E-state index in [9.17, 15) is 4.79 Å². The van der Waals surface area contributed by atoms with Crippen molar-refractivity contribution in [1.82, 2.24) is 15.1 Å². The summed E-state index contributed by atoms with van der Waals surface area (Å²) in [5.41, 5.74) is 0. The Labute approximate surface area is 106 Å². The molecule has 0 aliphatic rings. The van der Waals surface area contributed by atoms with Crippen molar-refractivity contribution in [1.29, 1.82) is 0 Å². The fraction of sp³-hybridized carbons (Fsp3) is 0.385. The summed E-state index contributed by atoms with van der Waals surface area (Å²) in [6.45, 7) is 2.46. The number of carbonyl (C=O) groups excluding carboxylic acids is 1. The molecule has 5 heteroatoms. The lowest BCUT2D eigenvalue weighted by Crippen LogP contribution is -2.31. The lowest BCUT2D eigenvalue weighted by Gasteiger charge is -2.16. The summed E-state index contributed by atoms with van der Waals surface area (Å²) in [4.78, 5) is 11.5. The van der Waals surface area contributed by atoms with Crippen LogP contribution in [0.15, 0.2) is 41.3 Å². The van der Waals surface area contributed by atoms with E-state index in [0.29, 0.717) is 13.0 Å². The van der Waals surface area contributed by atoms with Gasteiger partial charge in [0, 0.05) is 25.4 Å². The first-order valence-corrected chi connectivity index (χ1v) is 6.10. The number of aromatic nitrogens is 2. The number of hydrogen-bond acceptors (Lipinski definition) is 3. The van der Waals surface area contributed by atoms with Gasteiger partial charge in [0.25, 0.3) is 0 Å². The van der Waals surface area contributed by atoms with Crippen molar-refractivity contribution in [2.45, 2.75) is 25.8 Å². The Kier molecular flexibility index (Phi) is 4.17. The second-order valence-electron chi connectivity index (χ2n) is 4.07. The van der Waals surface area contributed by atoms with Crippen LogP contribution < -0.4 is 5.32 Å². The second-order valence-corrected chi connectivity index (χ2v) is 4.07. The maximum absolute atomic E-state index is 11.5. The van der Waals surface area contributed by atoms with Crippen molar-refractivity contribution in [2.24, 2.45) is 0 Å². The van der Waals surface area contributed by atoms with E-state index in [0.717, 1.165) is 12.2 Å². The van der Waals surface area contributed by atoms with Gasteiger partial charge in [0.1, 0.15) is 11.8 Å². The predicted octanol–water partition coefficient (Wildman–Crippen LogP) is 1.98. The molecule has 0 bridgehead atoms. The molecule has 2 aromatic heterocycles. The van der Waals surface area contributed by atoms with Crippen molar-refractivity contribution >= 4 is 5.91 Å². The highest BCUT2D eigenvalue weighted by molar-refractivity contribution is 5.75. The highest BCUT2D eigenvalue weighted by Gasteiger charge is 2.17. The van der Waals surface area contributed by atoms with Crippen LogP contribution in [-0.4, -0.2) is 22.2 Å². The van der Waals surface area contributed by atoms with E-state index in [2.05, 4.69) is 10.4 Å². The van der Waals surface area contributed by atoms with Gasteiger partial charge >= 0.3 is 0 Å². The van der Waals surface area contributed by atoms with Gasteiger partial charge in [0.05, 0.1) is 6.26 Å². The van der Waals surface area contributed by atoms with Crippen LogP contribution in [0.1, 0.15) is 31.6 Å². The van der Waals surface area contributed by atoms with Crippen LogP contribution in [0.25, 0.3) is 0 Å². The van der Waals surface area contributed by atoms with Crippen LogP contribution >= 0.6 is 0 Å². The molecule has 1 amide bonds. The van der Waals surface area contributed by atoms with Gasteiger partial charge in [-0.3, -0.25) is 9.48 Å². The van der Waals surface area contributed by atoms with Crippen LogP contribution in [0.5, 0.6) is 0 Å². The van der Waals surface area contributed by atoms with Gasteiger partial charge in [0.15, 0.2) is 0 Å². The second kappa shape index (κ2) is 6.05. The summed E-state index contributed by atoms with van der Waals surface area (Å²) in [6.07, 6.45) is 6.59. The molecule has 0 saturated heterocycles. The normalized spacial score (nSPS) is 12.3. The lowest BCUT2D eigenvalue weighted by molar-refractivity contribution is -0.121. The van der Waals surface area contributed by atoms with Crippen LogP contribution in [0.3, 0.4) is 0 Å². The molecule has 2 heterocycles. The number of rotatable bonds is 6. The van der Waals surface area contributed by atoms with E-state index in [4.69, 9.17) is 4.42 Å². The van der Waals surface area contributed by atoms with Gasteiger partial charge in [0.2, 0.25) is 5.91 Å². The van der Waals surface area contributed by atoms with Crippen molar-refractivity contribution in [3.05, 3.63) is 42.6 Å². The Bertz CT molecular complexity index is 428.